The monoisotopic (exact) mass is 496 g/mol. The summed E-state index contributed by atoms with van der Waals surface area (Å²) in [6, 6.07) is 21.6. The van der Waals surface area contributed by atoms with Crippen LogP contribution in [0.15, 0.2) is 72.9 Å². The zero-order valence-electron chi connectivity index (χ0n) is 20.4. The molecule has 2 aromatic carbocycles. The third-order valence-electron chi connectivity index (χ3n) is 7.02. The van der Waals surface area contributed by atoms with Gasteiger partial charge in [-0.25, -0.2) is 4.98 Å². The first-order valence-corrected chi connectivity index (χ1v) is 12.6. The third-order valence-corrected chi connectivity index (χ3v) is 7.02. The van der Waals surface area contributed by atoms with Crippen molar-refractivity contribution in [3.63, 3.8) is 0 Å². The van der Waals surface area contributed by atoms with E-state index in [1.165, 1.54) is 0 Å². The van der Waals surface area contributed by atoms with Gasteiger partial charge in [-0.2, -0.15) is 0 Å². The van der Waals surface area contributed by atoms with Gasteiger partial charge in [0.2, 0.25) is 0 Å². The Morgan fingerprint density at radius 2 is 1.54 bits per heavy atom. The molecule has 8 heteroatoms. The van der Waals surface area contributed by atoms with Gasteiger partial charge >= 0.3 is 0 Å². The molecule has 0 unspecified atom stereocenters. The summed E-state index contributed by atoms with van der Waals surface area (Å²) in [4.78, 5) is 36.9. The van der Waals surface area contributed by atoms with E-state index in [1.807, 2.05) is 64.4 Å². The smallest absolute Gasteiger partial charge is 0.270 e. The number of hydrogen-bond donors (Lipinski definition) is 1. The number of benzene rings is 2. The normalized spacial score (nSPS) is 18.2. The SMILES string of the molecule is O=C(c1ccc(-c2ccc([C@@H]3CN(C(=O)c4cc5cccnc5[nH]4)CCO3)cc2)cc1)N1CCOCC1. The van der Waals surface area contributed by atoms with Crippen LogP contribution >= 0.6 is 0 Å². The highest BCUT2D eigenvalue weighted by atomic mass is 16.5. The van der Waals surface area contributed by atoms with Gasteiger partial charge in [0.05, 0.1) is 26.4 Å². The average molecular weight is 497 g/mol. The molecule has 0 spiro atoms. The number of H-pyrrole nitrogens is 1. The van der Waals surface area contributed by atoms with Gasteiger partial charge in [0.1, 0.15) is 17.4 Å². The minimum atomic E-state index is -0.192. The van der Waals surface area contributed by atoms with Crippen LogP contribution in [0.3, 0.4) is 0 Å². The van der Waals surface area contributed by atoms with E-state index in [-0.39, 0.29) is 17.9 Å². The van der Waals surface area contributed by atoms with Gasteiger partial charge in [-0.05, 0) is 47.0 Å². The Morgan fingerprint density at radius 3 is 2.27 bits per heavy atom. The number of hydrogen-bond acceptors (Lipinski definition) is 5. The molecule has 2 saturated heterocycles. The average Bonchev–Trinajstić information content (AvgIpc) is 3.42. The molecule has 1 atom stereocenters. The molecule has 1 N–H and O–H groups in total. The van der Waals surface area contributed by atoms with Crippen molar-refractivity contribution in [1.29, 1.82) is 0 Å². The van der Waals surface area contributed by atoms with Crippen LogP contribution in [0.4, 0.5) is 0 Å². The molecule has 2 amide bonds. The predicted molar refractivity (Wildman–Crippen MR) is 139 cm³/mol. The van der Waals surface area contributed by atoms with Crippen molar-refractivity contribution in [1.82, 2.24) is 19.8 Å². The Hall–Kier alpha value is -4.01. The molecule has 2 aliphatic rings. The molecule has 188 valence electrons. The van der Waals surface area contributed by atoms with Gasteiger partial charge in [0, 0.05) is 36.8 Å². The Morgan fingerprint density at radius 1 is 0.838 bits per heavy atom. The maximum Gasteiger partial charge on any atom is 0.270 e. The van der Waals surface area contributed by atoms with Crippen molar-refractivity contribution in [2.75, 3.05) is 46.0 Å². The standard InChI is InChI=1S/C29H28N4O4/c34-28(32-12-15-36-16-13-32)23-9-5-21(6-10-23)20-3-7-22(8-4-20)26-19-33(14-17-37-26)29(35)25-18-24-2-1-11-30-27(24)31-25/h1-11,18,26H,12-17,19H2,(H,30,31)/t26-/m0/s1. The van der Waals surface area contributed by atoms with Gasteiger partial charge in [0.15, 0.2) is 0 Å². The number of nitrogens with zero attached hydrogens (tertiary/aromatic N) is 3. The number of morpholine rings is 2. The number of carbonyl (C=O) groups excluding carboxylic acids is 2. The highest BCUT2D eigenvalue weighted by Gasteiger charge is 2.27. The van der Waals surface area contributed by atoms with Crippen molar-refractivity contribution in [3.05, 3.63) is 89.7 Å². The molecule has 0 radical (unpaired) electrons. The molecule has 0 bridgehead atoms. The van der Waals surface area contributed by atoms with E-state index in [0.29, 0.717) is 62.9 Å². The Kier molecular flexibility index (Phi) is 6.42. The number of carbonyl (C=O) groups is 2. The molecule has 8 nitrogen and oxygen atoms in total. The van der Waals surface area contributed by atoms with Crippen LogP contribution in [0, 0.1) is 0 Å². The lowest BCUT2D eigenvalue weighted by molar-refractivity contribution is -0.0229. The Balaban J connectivity index is 1.12. The minimum absolute atomic E-state index is 0.0439. The van der Waals surface area contributed by atoms with Crippen LogP contribution in [0.2, 0.25) is 0 Å². The molecule has 2 aromatic heterocycles. The third kappa shape index (κ3) is 4.85. The summed E-state index contributed by atoms with van der Waals surface area (Å²) in [6.07, 6.45) is 1.52. The van der Waals surface area contributed by atoms with Crippen LogP contribution in [0.25, 0.3) is 22.2 Å². The predicted octanol–water partition coefficient (Wildman–Crippen LogP) is 3.92. The molecule has 2 aliphatic heterocycles. The second-order valence-corrected chi connectivity index (χ2v) is 9.34. The molecular formula is C29H28N4O4. The van der Waals surface area contributed by atoms with Crippen molar-refractivity contribution in [3.8, 4) is 11.1 Å². The number of aromatic amines is 1. The molecular weight excluding hydrogens is 468 g/mol. The van der Waals surface area contributed by atoms with Gasteiger partial charge in [0.25, 0.3) is 11.8 Å². The highest BCUT2D eigenvalue weighted by molar-refractivity contribution is 5.97. The van der Waals surface area contributed by atoms with E-state index < -0.39 is 0 Å². The summed E-state index contributed by atoms with van der Waals surface area (Å²) in [6.45, 7) is 3.96. The fourth-order valence-electron chi connectivity index (χ4n) is 4.92. The van der Waals surface area contributed by atoms with Crippen LogP contribution < -0.4 is 0 Å². The Bertz CT molecular complexity index is 1380. The highest BCUT2D eigenvalue weighted by Crippen LogP contribution is 2.27. The summed E-state index contributed by atoms with van der Waals surface area (Å²) in [5, 5.41) is 0.921. The first-order chi connectivity index (χ1) is 18.2. The quantitative estimate of drug-likeness (QED) is 0.463. The number of pyridine rings is 1. The molecule has 2 fully saturated rings. The molecule has 4 aromatic rings. The molecule has 0 saturated carbocycles. The van der Waals surface area contributed by atoms with Gasteiger partial charge in [-0.15, -0.1) is 0 Å². The van der Waals surface area contributed by atoms with E-state index in [9.17, 15) is 9.59 Å². The van der Waals surface area contributed by atoms with E-state index in [1.54, 1.807) is 6.20 Å². The number of aromatic nitrogens is 2. The fourth-order valence-corrected chi connectivity index (χ4v) is 4.92. The topological polar surface area (TPSA) is 87.8 Å². The summed E-state index contributed by atoms with van der Waals surface area (Å²) < 4.78 is 11.4. The Labute approximate surface area is 214 Å². The van der Waals surface area contributed by atoms with E-state index in [0.717, 1.165) is 22.1 Å². The van der Waals surface area contributed by atoms with E-state index in [2.05, 4.69) is 22.1 Å². The van der Waals surface area contributed by atoms with E-state index >= 15 is 0 Å². The second-order valence-electron chi connectivity index (χ2n) is 9.34. The first-order valence-electron chi connectivity index (χ1n) is 12.6. The second kappa shape index (κ2) is 10.2. The molecule has 37 heavy (non-hydrogen) atoms. The maximum absolute atomic E-state index is 13.1. The molecule has 4 heterocycles. The maximum atomic E-state index is 13.1. The molecule has 0 aliphatic carbocycles. The van der Waals surface area contributed by atoms with Crippen LogP contribution in [0.5, 0.6) is 0 Å². The van der Waals surface area contributed by atoms with Crippen LogP contribution in [-0.2, 0) is 9.47 Å². The van der Waals surface area contributed by atoms with Crippen molar-refractivity contribution < 1.29 is 19.1 Å². The summed E-state index contributed by atoms with van der Waals surface area (Å²) in [7, 11) is 0. The van der Waals surface area contributed by atoms with Crippen LogP contribution in [0.1, 0.15) is 32.5 Å². The zero-order chi connectivity index (χ0) is 25.2. The number of amides is 2. The van der Waals surface area contributed by atoms with Crippen molar-refractivity contribution in [2.45, 2.75) is 6.10 Å². The lowest BCUT2D eigenvalue weighted by Crippen LogP contribution is -2.42. The summed E-state index contributed by atoms with van der Waals surface area (Å²) >= 11 is 0. The lowest BCUT2D eigenvalue weighted by Gasteiger charge is -2.33. The lowest BCUT2D eigenvalue weighted by atomic mass is 10.00. The summed E-state index contributed by atoms with van der Waals surface area (Å²) in [5.41, 5.74) is 5.07. The summed E-state index contributed by atoms with van der Waals surface area (Å²) in [5.74, 6) is -0.00269. The van der Waals surface area contributed by atoms with Crippen LogP contribution in [-0.4, -0.2) is 77.6 Å². The first kappa shape index (κ1) is 23.4. The van der Waals surface area contributed by atoms with Gasteiger partial charge < -0.3 is 24.3 Å². The number of nitrogens with one attached hydrogen (secondary N) is 1. The zero-order valence-corrected chi connectivity index (χ0v) is 20.4. The van der Waals surface area contributed by atoms with Gasteiger partial charge in [-0.3, -0.25) is 9.59 Å². The number of rotatable bonds is 4. The number of fused-ring (bicyclic) bond motifs is 1. The fraction of sp³-hybridized carbons (Fsp3) is 0.276. The van der Waals surface area contributed by atoms with Crippen molar-refractivity contribution in [2.24, 2.45) is 0 Å². The largest absolute Gasteiger partial charge is 0.378 e. The molecule has 6 rings (SSSR count). The van der Waals surface area contributed by atoms with Gasteiger partial charge in [-0.1, -0.05) is 36.4 Å². The van der Waals surface area contributed by atoms with E-state index in [4.69, 9.17) is 9.47 Å². The minimum Gasteiger partial charge on any atom is -0.378 e. The number of ether oxygens (including phenoxy) is 2. The van der Waals surface area contributed by atoms with Crippen molar-refractivity contribution >= 4 is 22.8 Å².